The van der Waals surface area contributed by atoms with Crippen LogP contribution in [0.4, 0.5) is 4.39 Å². The number of aromatic nitrogens is 2. The maximum atomic E-state index is 13.3. The van der Waals surface area contributed by atoms with Gasteiger partial charge in [0.25, 0.3) is 5.56 Å². The number of nitrogens with zero attached hydrogens (tertiary/aromatic N) is 2. The van der Waals surface area contributed by atoms with E-state index in [2.05, 4.69) is 5.10 Å². The van der Waals surface area contributed by atoms with Crippen LogP contribution in [0.2, 0.25) is 0 Å². The zero-order valence-electron chi connectivity index (χ0n) is 14.4. The molecule has 0 bridgehead atoms. The smallest absolute Gasteiger partial charge is 0.274 e. The molecule has 4 nitrogen and oxygen atoms in total. The van der Waals surface area contributed by atoms with E-state index in [-0.39, 0.29) is 17.9 Å². The molecule has 1 heterocycles. The van der Waals surface area contributed by atoms with Gasteiger partial charge in [0.05, 0.1) is 23.2 Å². The van der Waals surface area contributed by atoms with Crippen molar-refractivity contribution in [2.24, 2.45) is 0 Å². The molecule has 5 heteroatoms. The van der Waals surface area contributed by atoms with Gasteiger partial charge in [-0.2, -0.15) is 5.10 Å². The number of hydrogen-bond donors (Lipinski definition) is 1. The summed E-state index contributed by atoms with van der Waals surface area (Å²) in [7, 11) is 0. The first-order chi connectivity index (χ1) is 12.0. The molecule has 0 radical (unpaired) electrons. The van der Waals surface area contributed by atoms with Crippen molar-refractivity contribution in [1.29, 1.82) is 0 Å². The molecule has 0 spiro atoms. The topological polar surface area (TPSA) is 55.1 Å². The van der Waals surface area contributed by atoms with Gasteiger partial charge >= 0.3 is 0 Å². The van der Waals surface area contributed by atoms with Gasteiger partial charge in [-0.3, -0.25) is 4.79 Å². The Labute approximate surface area is 145 Å². The number of benzene rings is 2. The SMILES string of the molecule is CCC(O)(CC)Cn1nc(-c2ccc(F)cc2)c2ccccc2c1=O. The van der Waals surface area contributed by atoms with Gasteiger partial charge in [-0.05, 0) is 43.2 Å². The lowest BCUT2D eigenvalue weighted by atomic mass is 9.97. The van der Waals surface area contributed by atoms with E-state index in [9.17, 15) is 14.3 Å². The highest BCUT2D eigenvalue weighted by atomic mass is 19.1. The van der Waals surface area contributed by atoms with E-state index in [1.807, 2.05) is 26.0 Å². The van der Waals surface area contributed by atoms with Crippen molar-refractivity contribution in [3.63, 3.8) is 0 Å². The summed E-state index contributed by atoms with van der Waals surface area (Å²) in [4.78, 5) is 12.8. The summed E-state index contributed by atoms with van der Waals surface area (Å²) in [6, 6.07) is 13.3. The minimum absolute atomic E-state index is 0.123. The Morgan fingerprint density at radius 1 is 1.04 bits per heavy atom. The maximum Gasteiger partial charge on any atom is 0.274 e. The largest absolute Gasteiger partial charge is 0.388 e. The number of fused-ring (bicyclic) bond motifs is 1. The van der Waals surface area contributed by atoms with Gasteiger partial charge in [-0.1, -0.05) is 32.0 Å². The standard InChI is InChI=1S/C20H21FN2O2/c1-3-20(25,4-2)13-23-19(24)17-8-6-5-7-16(17)18(22-23)14-9-11-15(21)12-10-14/h5-12,25H,3-4,13H2,1-2H3. The van der Waals surface area contributed by atoms with Crippen LogP contribution in [0.3, 0.4) is 0 Å². The Kier molecular flexibility index (Phi) is 4.68. The quantitative estimate of drug-likeness (QED) is 0.769. The fraction of sp³-hybridized carbons (Fsp3) is 0.300. The first kappa shape index (κ1) is 17.3. The highest BCUT2D eigenvalue weighted by Crippen LogP contribution is 2.25. The third-order valence-corrected chi connectivity index (χ3v) is 4.75. The number of halogens is 1. The summed E-state index contributed by atoms with van der Waals surface area (Å²) in [5.74, 6) is -0.326. The molecule has 3 aromatic rings. The van der Waals surface area contributed by atoms with E-state index in [1.165, 1.54) is 16.8 Å². The number of hydrogen-bond acceptors (Lipinski definition) is 3. The highest BCUT2D eigenvalue weighted by Gasteiger charge is 2.25. The predicted octanol–water partition coefficient (Wildman–Crippen LogP) is 3.75. The zero-order valence-corrected chi connectivity index (χ0v) is 14.4. The molecule has 0 atom stereocenters. The van der Waals surface area contributed by atoms with Crippen LogP contribution in [0.5, 0.6) is 0 Å². The summed E-state index contributed by atoms with van der Waals surface area (Å²) in [6.45, 7) is 3.89. The zero-order chi connectivity index (χ0) is 18.0. The Balaban J connectivity index is 2.24. The second-order valence-corrected chi connectivity index (χ2v) is 6.30. The molecule has 1 aromatic heterocycles. The summed E-state index contributed by atoms with van der Waals surface area (Å²) in [5.41, 5.74) is 0.105. The molecule has 25 heavy (non-hydrogen) atoms. The van der Waals surface area contributed by atoms with E-state index >= 15 is 0 Å². The normalized spacial score (nSPS) is 11.8. The molecule has 0 aliphatic rings. The van der Waals surface area contributed by atoms with Gasteiger partial charge in [0.1, 0.15) is 5.82 Å². The molecule has 3 rings (SSSR count). The van der Waals surface area contributed by atoms with Gasteiger partial charge in [0, 0.05) is 10.9 Å². The fourth-order valence-corrected chi connectivity index (χ4v) is 2.92. The molecule has 130 valence electrons. The molecule has 0 saturated heterocycles. The second-order valence-electron chi connectivity index (χ2n) is 6.30. The Bertz CT molecular complexity index is 944. The summed E-state index contributed by atoms with van der Waals surface area (Å²) in [6.07, 6.45) is 1.05. The van der Waals surface area contributed by atoms with Crippen molar-refractivity contribution >= 4 is 10.8 Å². The van der Waals surface area contributed by atoms with Crippen LogP contribution in [0.15, 0.2) is 53.3 Å². The van der Waals surface area contributed by atoms with Crippen LogP contribution < -0.4 is 5.56 Å². The van der Waals surface area contributed by atoms with Crippen LogP contribution in [-0.4, -0.2) is 20.5 Å². The van der Waals surface area contributed by atoms with E-state index in [4.69, 9.17) is 0 Å². The Hall–Kier alpha value is -2.53. The van der Waals surface area contributed by atoms with Crippen molar-refractivity contribution in [2.75, 3.05) is 0 Å². The van der Waals surface area contributed by atoms with Gasteiger partial charge in [0.2, 0.25) is 0 Å². The molecule has 0 aliphatic heterocycles. The molecular weight excluding hydrogens is 319 g/mol. The van der Waals surface area contributed by atoms with Crippen molar-refractivity contribution in [1.82, 2.24) is 9.78 Å². The van der Waals surface area contributed by atoms with E-state index in [1.54, 1.807) is 24.3 Å². The Morgan fingerprint density at radius 3 is 2.24 bits per heavy atom. The van der Waals surface area contributed by atoms with Crippen LogP contribution >= 0.6 is 0 Å². The third-order valence-electron chi connectivity index (χ3n) is 4.75. The lowest BCUT2D eigenvalue weighted by Crippen LogP contribution is -2.38. The van der Waals surface area contributed by atoms with Crippen LogP contribution in [-0.2, 0) is 6.54 Å². The second kappa shape index (κ2) is 6.76. The summed E-state index contributed by atoms with van der Waals surface area (Å²) >= 11 is 0. The molecule has 1 N–H and O–H groups in total. The predicted molar refractivity (Wildman–Crippen MR) is 96.9 cm³/mol. The van der Waals surface area contributed by atoms with Gasteiger partial charge < -0.3 is 5.11 Å². The van der Waals surface area contributed by atoms with Crippen molar-refractivity contribution in [3.8, 4) is 11.3 Å². The molecular formula is C20H21FN2O2. The van der Waals surface area contributed by atoms with Gasteiger partial charge in [-0.15, -0.1) is 0 Å². The van der Waals surface area contributed by atoms with Crippen molar-refractivity contribution < 1.29 is 9.50 Å². The lowest BCUT2D eigenvalue weighted by Gasteiger charge is -2.25. The molecule has 0 aliphatic carbocycles. The fourth-order valence-electron chi connectivity index (χ4n) is 2.92. The first-order valence-corrected chi connectivity index (χ1v) is 8.45. The molecule has 2 aromatic carbocycles. The average molecular weight is 340 g/mol. The molecule has 0 fully saturated rings. The van der Waals surface area contributed by atoms with Crippen molar-refractivity contribution in [2.45, 2.75) is 38.8 Å². The minimum Gasteiger partial charge on any atom is -0.388 e. The number of rotatable bonds is 5. The van der Waals surface area contributed by atoms with E-state index < -0.39 is 5.60 Å². The van der Waals surface area contributed by atoms with E-state index in [0.717, 1.165) is 5.56 Å². The monoisotopic (exact) mass is 340 g/mol. The molecule has 0 amide bonds. The van der Waals surface area contributed by atoms with Crippen LogP contribution in [0.25, 0.3) is 22.0 Å². The number of aliphatic hydroxyl groups is 1. The highest BCUT2D eigenvalue weighted by molar-refractivity contribution is 5.93. The molecule has 0 unspecified atom stereocenters. The van der Waals surface area contributed by atoms with Gasteiger partial charge in [-0.25, -0.2) is 9.07 Å². The first-order valence-electron chi connectivity index (χ1n) is 8.45. The van der Waals surface area contributed by atoms with E-state index in [0.29, 0.717) is 29.3 Å². The van der Waals surface area contributed by atoms with Crippen LogP contribution in [0, 0.1) is 5.82 Å². The summed E-state index contributed by atoms with van der Waals surface area (Å²) in [5, 5.41) is 16.4. The third kappa shape index (κ3) is 3.33. The van der Waals surface area contributed by atoms with Gasteiger partial charge in [0.15, 0.2) is 0 Å². The maximum absolute atomic E-state index is 13.3. The lowest BCUT2D eigenvalue weighted by molar-refractivity contribution is 0.0108. The Morgan fingerprint density at radius 2 is 1.64 bits per heavy atom. The average Bonchev–Trinajstić information content (AvgIpc) is 2.65. The molecule has 0 saturated carbocycles. The van der Waals surface area contributed by atoms with Crippen molar-refractivity contribution in [3.05, 3.63) is 64.7 Å². The van der Waals surface area contributed by atoms with Crippen LogP contribution in [0.1, 0.15) is 26.7 Å². The minimum atomic E-state index is -0.987. The summed E-state index contributed by atoms with van der Waals surface area (Å²) < 4.78 is 14.6.